The van der Waals surface area contributed by atoms with Crippen molar-refractivity contribution in [3.63, 3.8) is 0 Å². The number of likely N-dealkylation sites (N-methyl/N-ethyl adjacent to an activating group) is 1. The molecule has 2 N–H and O–H groups in total. The van der Waals surface area contributed by atoms with Gasteiger partial charge in [-0.05, 0) is 52.1 Å². The maximum absolute atomic E-state index is 4.40. The molecule has 1 atom stereocenters. The van der Waals surface area contributed by atoms with Gasteiger partial charge in [-0.2, -0.15) is 0 Å². The van der Waals surface area contributed by atoms with Crippen molar-refractivity contribution >= 4 is 29.9 Å². The average molecular weight is 494 g/mol. The lowest BCUT2D eigenvalue weighted by Gasteiger charge is -2.32. The highest BCUT2D eigenvalue weighted by molar-refractivity contribution is 14.0. The molecule has 1 unspecified atom stereocenters. The topological polar surface area (TPSA) is 42.9 Å². The molecule has 0 aromatic rings. The minimum atomic E-state index is 0. The summed E-state index contributed by atoms with van der Waals surface area (Å²) in [5.41, 5.74) is 0. The Bertz CT molecular complexity index is 390. The highest BCUT2D eigenvalue weighted by Crippen LogP contribution is 2.27. The van der Waals surface area contributed by atoms with Crippen LogP contribution in [0.25, 0.3) is 0 Å². The van der Waals surface area contributed by atoms with Gasteiger partial charge in [0.15, 0.2) is 5.96 Å². The molecule has 2 aliphatic rings. The molecule has 0 aromatic carbocycles. The van der Waals surface area contributed by atoms with E-state index >= 15 is 0 Å². The normalized spacial score (nSPS) is 21.5. The molecule has 2 rings (SSSR count). The van der Waals surface area contributed by atoms with E-state index in [-0.39, 0.29) is 24.0 Å². The molecule has 1 saturated carbocycles. The van der Waals surface area contributed by atoms with Crippen LogP contribution in [0.2, 0.25) is 0 Å². The molecule has 1 aliphatic carbocycles. The standard InChI is InChI=1S/C21H43N5.HI/c1-19(11-12-20-9-5-4-6-10-20)24-21(22-2)23-13-7-8-14-26-17-15-25(3)16-18-26;/h19-20H,4-18H2,1-3H3,(H2,22,23,24);1H. The third kappa shape index (κ3) is 10.9. The van der Waals surface area contributed by atoms with Crippen molar-refractivity contribution in [1.82, 2.24) is 20.4 Å². The Hall–Kier alpha value is -0.0800. The number of nitrogens with one attached hydrogen (secondary N) is 2. The summed E-state index contributed by atoms with van der Waals surface area (Å²) in [4.78, 5) is 9.41. The Morgan fingerprint density at radius 2 is 1.78 bits per heavy atom. The van der Waals surface area contributed by atoms with Gasteiger partial charge >= 0.3 is 0 Å². The Balaban J connectivity index is 0.00000364. The lowest BCUT2D eigenvalue weighted by molar-refractivity contribution is 0.152. The number of aliphatic imine (C=N–C) groups is 1. The predicted molar refractivity (Wildman–Crippen MR) is 128 cm³/mol. The van der Waals surface area contributed by atoms with E-state index < -0.39 is 0 Å². The Morgan fingerprint density at radius 3 is 2.44 bits per heavy atom. The summed E-state index contributed by atoms with van der Waals surface area (Å²) in [6.45, 7) is 9.43. The fourth-order valence-electron chi connectivity index (χ4n) is 4.20. The van der Waals surface area contributed by atoms with Crippen molar-refractivity contribution in [1.29, 1.82) is 0 Å². The van der Waals surface area contributed by atoms with Crippen LogP contribution in [0.1, 0.15) is 64.7 Å². The molecule has 1 aliphatic heterocycles. The molecule has 1 heterocycles. The molecular formula is C21H44IN5. The van der Waals surface area contributed by atoms with Gasteiger partial charge in [-0.25, -0.2) is 0 Å². The van der Waals surface area contributed by atoms with E-state index in [4.69, 9.17) is 0 Å². The van der Waals surface area contributed by atoms with Crippen LogP contribution in [-0.4, -0.2) is 75.2 Å². The second kappa shape index (κ2) is 14.9. The summed E-state index contributed by atoms with van der Waals surface area (Å²) in [5.74, 6) is 1.94. The van der Waals surface area contributed by atoms with Gasteiger partial charge in [-0.3, -0.25) is 4.99 Å². The zero-order valence-electron chi connectivity index (χ0n) is 18.0. The van der Waals surface area contributed by atoms with E-state index in [1.54, 1.807) is 0 Å². The zero-order valence-corrected chi connectivity index (χ0v) is 20.3. The number of guanidine groups is 1. The predicted octanol–water partition coefficient (Wildman–Crippen LogP) is 3.55. The van der Waals surface area contributed by atoms with Crippen molar-refractivity contribution in [3.05, 3.63) is 0 Å². The summed E-state index contributed by atoms with van der Waals surface area (Å²) in [6.07, 6.45) is 12.4. The number of unbranched alkanes of at least 4 members (excludes halogenated alkanes) is 1. The number of hydrogen-bond donors (Lipinski definition) is 2. The Morgan fingerprint density at radius 1 is 1.07 bits per heavy atom. The molecule has 6 heteroatoms. The van der Waals surface area contributed by atoms with Gasteiger partial charge < -0.3 is 20.4 Å². The van der Waals surface area contributed by atoms with Crippen LogP contribution < -0.4 is 10.6 Å². The number of nitrogens with zero attached hydrogens (tertiary/aromatic N) is 3. The van der Waals surface area contributed by atoms with E-state index in [1.807, 2.05) is 7.05 Å². The highest BCUT2D eigenvalue weighted by Gasteiger charge is 2.15. The molecule has 1 saturated heterocycles. The molecule has 5 nitrogen and oxygen atoms in total. The van der Waals surface area contributed by atoms with Crippen LogP contribution >= 0.6 is 24.0 Å². The monoisotopic (exact) mass is 493 g/mol. The Kier molecular flexibility index (Phi) is 13.7. The summed E-state index contributed by atoms with van der Waals surface area (Å²) < 4.78 is 0. The largest absolute Gasteiger partial charge is 0.356 e. The molecule has 0 spiro atoms. The van der Waals surface area contributed by atoms with Crippen molar-refractivity contribution < 1.29 is 0 Å². The molecule has 0 radical (unpaired) electrons. The summed E-state index contributed by atoms with van der Waals surface area (Å²) in [7, 11) is 4.10. The van der Waals surface area contributed by atoms with Crippen LogP contribution in [0.3, 0.4) is 0 Å². The fraction of sp³-hybridized carbons (Fsp3) is 0.952. The van der Waals surface area contributed by atoms with E-state index in [2.05, 4.69) is 39.4 Å². The van der Waals surface area contributed by atoms with E-state index in [9.17, 15) is 0 Å². The number of halogens is 1. The maximum Gasteiger partial charge on any atom is 0.191 e. The molecule has 2 fully saturated rings. The minimum absolute atomic E-state index is 0. The van der Waals surface area contributed by atoms with E-state index in [1.165, 1.54) is 90.5 Å². The third-order valence-corrected chi connectivity index (χ3v) is 6.13. The minimum Gasteiger partial charge on any atom is -0.356 e. The van der Waals surface area contributed by atoms with Crippen LogP contribution in [0.15, 0.2) is 4.99 Å². The molecule has 0 aromatic heterocycles. The smallest absolute Gasteiger partial charge is 0.191 e. The molecular weight excluding hydrogens is 449 g/mol. The van der Waals surface area contributed by atoms with Crippen LogP contribution in [0.4, 0.5) is 0 Å². The second-order valence-electron chi connectivity index (χ2n) is 8.48. The van der Waals surface area contributed by atoms with Crippen molar-refractivity contribution in [2.24, 2.45) is 10.9 Å². The van der Waals surface area contributed by atoms with Gasteiger partial charge in [0.2, 0.25) is 0 Å². The average Bonchev–Trinajstić information content (AvgIpc) is 2.67. The number of piperazine rings is 1. The van der Waals surface area contributed by atoms with Crippen molar-refractivity contribution in [3.8, 4) is 0 Å². The van der Waals surface area contributed by atoms with Gasteiger partial charge in [0.05, 0.1) is 0 Å². The summed E-state index contributed by atoms with van der Waals surface area (Å²) in [6, 6.07) is 0.508. The first-order valence-corrected chi connectivity index (χ1v) is 11.1. The van der Waals surface area contributed by atoms with Crippen molar-refractivity contribution in [2.75, 3.05) is 53.4 Å². The summed E-state index contributed by atoms with van der Waals surface area (Å²) in [5, 5.41) is 7.07. The van der Waals surface area contributed by atoms with Crippen LogP contribution in [0.5, 0.6) is 0 Å². The van der Waals surface area contributed by atoms with Gasteiger partial charge in [-0.15, -0.1) is 24.0 Å². The highest BCUT2D eigenvalue weighted by atomic mass is 127. The third-order valence-electron chi connectivity index (χ3n) is 6.13. The second-order valence-corrected chi connectivity index (χ2v) is 8.48. The molecule has 0 bridgehead atoms. The Labute approximate surface area is 185 Å². The lowest BCUT2D eigenvalue weighted by Crippen LogP contribution is -2.45. The van der Waals surface area contributed by atoms with Crippen LogP contribution in [0, 0.1) is 5.92 Å². The quantitative estimate of drug-likeness (QED) is 0.223. The van der Waals surface area contributed by atoms with E-state index in [0.29, 0.717) is 6.04 Å². The number of rotatable bonds is 9. The van der Waals surface area contributed by atoms with Crippen molar-refractivity contribution in [2.45, 2.75) is 70.8 Å². The van der Waals surface area contributed by atoms with Gasteiger partial charge in [0, 0.05) is 45.8 Å². The maximum atomic E-state index is 4.40. The lowest BCUT2D eigenvalue weighted by atomic mass is 9.85. The fourth-order valence-corrected chi connectivity index (χ4v) is 4.20. The summed E-state index contributed by atoms with van der Waals surface area (Å²) >= 11 is 0. The van der Waals surface area contributed by atoms with E-state index in [0.717, 1.165) is 18.4 Å². The van der Waals surface area contributed by atoms with Gasteiger partial charge in [-0.1, -0.05) is 32.1 Å². The molecule has 160 valence electrons. The molecule has 27 heavy (non-hydrogen) atoms. The van der Waals surface area contributed by atoms with Gasteiger partial charge in [0.1, 0.15) is 0 Å². The zero-order chi connectivity index (χ0) is 18.6. The number of hydrogen-bond acceptors (Lipinski definition) is 3. The first-order valence-electron chi connectivity index (χ1n) is 11.1. The van der Waals surface area contributed by atoms with Gasteiger partial charge in [0.25, 0.3) is 0 Å². The first kappa shape index (κ1) is 25.0. The first-order chi connectivity index (χ1) is 12.7. The van der Waals surface area contributed by atoms with Crippen LogP contribution in [-0.2, 0) is 0 Å². The SMILES string of the molecule is CN=C(NCCCCN1CCN(C)CC1)NC(C)CCC1CCCCC1.I. The molecule has 0 amide bonds.